The Hall–Kier alpha value is -1.35. The zero-order valence-corrected chi connectivity index (χ0v) is 13.4. The SMILES string of the molecule is CCOC(=O)C(C)(C)C(O)c1ccc(C(C)(C)C)cc1. The summed E-state index contributed by atoms with van der Waals surface area (Å²) in [5, 5.41) is 10.4. The van der Waals surface area contributed by atoms with Crippen LogP contribution >= 0.6 is 0 Å². The summed E-state index contributed by atoms with van der Waals surface area (Å²) in [5.74, 6) is -0.382. The minimum atomic E-state index is -0.959. The molecule has 0 heterocycles. The molecule has 0 fully saturated rings. The van der Waals surface area contributed by atoms with Gasteiger partial charge in [-0.25, -0.2) is 0 Å². The molecule has 0 aliphatic rings. The van der Waals surface area contributed by atoms with Crippen molar-refractivity contribution in [2.24, 2.45) is 5.41 Å². The molecule has 112 valence electrons. The molecular weight excluding hydrogens is 252 g/mol. The number of hydrogen-bond acceptors (Lipinski definition) is 3. The molecule has 0 aliphatic heterocycles. The lowest BCUT2D eigenvalue weighted by atomic mass is 9.81. The number of aliphatic hydroxyl groups is 1. The average molecular weight is 278 g/mol. The first-order valence-corrected chi connectivity index (χ1v) is 7.06. The number of benzene rings is 1. The lowest BCUT2D eigenvalue weighted by molar-refractivity contribution is -0.160. The van der Waals surface area contributed by atoms with Crippen LogP contribution in [0.25, 0.3) is 0 Å². The second-order valence-electron chi connectivity index (χ2n) is 6.72. The summed E-state index contributed by atoms with van der Waals surface area (Å²) < 4.78 is 5.03. The molecule has 1 atom stereocenters. The largest absolute Gasteiger partial charge is 0.465 e. The molecule has 3 heteroatoms. The van der Waals surface area contributed by atoms with E-state index in [0.717, 1.165) is 5.56 Å². The van der Waals surface area contributed by atoms with Gasteiger partial charge in [-0.15, -0.1) is 0 Å². The first kappa shape index (κ1) is 16.7. The second kappa shape index (κ2) is 5.96. The Morgan fingerprint density at radius 2 is 1.65 bits per heavy atom. The van der Waals surface area contributed by atoms with Crippen molar-refractivity contribution in [2.75, 3.05) is 6.61 Å². The highest BCUT2D eigenvalue weighted by Crippen LogP contribution is 2.35. The maximum atomic E-state index is 11.9. The van der Waals surface area contributed by atoms with Crippen molar-refractivity contribution in [2.45, 2.75) is 53.1 Å². The van der Waals surface area contributed by atoms with Crippen molar-refractivity contribution in [3.8, 4) is 0 Å². The third-order valence-corrected chi connectivity index (χ3v) is 3.58. The van der Waals surface area contributed by atoms with Gasteiger partial charge in [-0.3, -0.25) is 4.79 Å². The van der Waals surface area contributed by atoms with E-state index in [1.54, 1.807) is 20.8 Å². The van der Waals surface area contributed by atoms with Gasteiger partial charge in [0.2, 0.25) is 0 Å². The molecule has 0 spiro atoms. The van der Waals surface area contributed by atoms with Crippen molar-refractivity contribution >= 4 is 5.97 Å². The van der Waals surface area contributed by atoms with Gasteiger partial charge < -0.3 is 9.84 Å². The molecule has 0 aromatic heterocycles. The van der Waals surface area contributed by atoms with Crippen LogP contribution in [0.2, 0.25) is 0 Å². The van der Waals surface area contributed by atoms with E-state index in [2.05, 4.69) is 20.8 Å². The first-order chi connectivity index (χ1) is 9.10. The van der Waals surface area contributed by atoms with E-state index in [0.29, 0.717) is 6.61 Å². The maximum absolute atomic E-state index is 11.9. The Kier molecular flexibility index (Phi) is 4.98. The van der Waals surface area contributed by atoms with Gasteiger partial charge in [0.15, 0.2) is 0 Å². The zero-order chi connectivity index (χ0) is 15.6. The predicted molar refractivity (Wildman–Crippen MR) is 80.5 cm³/mol. The highest BCUT2D eigenvalue weighted by Gasteiger charge is 2.38. The van der Waals surface area contributed by atoms with Crippen LogP contribution in [0.1, 0.15) is 58.8 Å². The van der Waals surface area contributed by atoms with Crippen LogP contribution in [-0.2, 0) is 14.9 Å². The lowest BCUT2D eigenvalue weighted by Crippen LogP contribution is -2.33. The zero-order valence-electron chi connectivity index (χ0n) is 13.4. The summed E-state index contributed by atoms with van der Waals surface area (Å²) >= 11 is 0. The van der Waals surface area contributed by atoms with Crippen LogP contribution in [-0.4, -0.2) is 17.7 Å². The maximum Gasteiger partial charge on any atom is 0.314 e. The minimum absolute atomic E-state index is 0.0696. The topological polar surface area (TPSA) is 46.5 Å². The molecule has 1 N–H and O–H groups in total. The summed E-state index contributed by atoms with van der Waals surface area (Å²) in [5.41, 5.74) is 1.04. The molecule has 3 nitrogen and oxygen atoms in total. The lowest BCUT2D eigenvalue weighted by Gasteiger charge is -2.29. The summed E-state index contributed by atoms with van der Waals surface area (Å²) in [4.78, 5) is 11.9. The minimum Gasteiger partial charge on any atom is -0.465 e. The van der Waals surface area contributed by atoms with Gasteiger partial charge in [-0.05, 0) is 37.3 Å². The Bertz CT molecular complexity index is 452. The quantitative estimate of drug-likeness (QED) is 0.856. The monoisotopic (exact) mass is 278 g/mol. The molecule has 0 bridgehead atoms. The smallest absolute Gasteiger partial charge is 0.314 e. The molecule has 1 aromatic carbocycles. The number of carbonyl (C=O) groups excluding carboxylic acids is 1. The van der Waals surface area contributed by atoms with E-state index in [4.69, 9.17) is 4.74 Å². The van der Waals surface area contributed by atoms with Crippen molar-refractivity contribution < 1.29 is 14.6 Å². The molecule has 0 aliphatic carbocycles. The summed E-state index contributed by atoms with van der Waals surface area (Å²) in [6.07, 6.45) is -0.879. The number of rotatable bonds is 4. The van der Waals surface area contributed by atoms with E-state index in [1.165, 1.54) is 5.56 Å². The third-order valence-electron chi connectivity index (χ3n) is 3.58. The van der Waals surface area contributed by atoms with Gasteiger partial charge in [0.25, 0.3) is 0 Å². The first-order valence-electron chi connectivity index (χ1n) is 7.06. The van der Waals surface area contributed by atoms with Crippen LogP contribution in [0.3, 0.4) is 0 Å². The Morgan fingerprint density at radius 1 is 1.15 bits per heavy atom. The van der Waals surface area contributed by atoms with Gasteiger partial charge >= 0.3 is 5.97 Å². The summed E-state index contributed by atoms with van der Waals surface area (Å²) in [6, 6.07) is 7.76. The highest BCUT2D eigenvalue weighted by atomic mass is 16.5. The van der Waals surface area contributed by atoms with E-state index >= 15 is 0 Å². The normalized spacial score (nSPS) is 13.9. The fraction of sp³-hybridized carbons (Fsp3) is 0.588. The Morgan fingerprint density at radius 3 is 2.05 bits per heavy atom. The Balaban J connectivity index is 2.97. The third kappa shape index (κ3) is 3.60. The fourth-order valence-electron chi connectivity index (χ4n) is 2.01. The van der Waals surface area contributed by atoms with Crippen LogP contribution < -0.4 is 0 Å². The van der Waals surface area contributed by atoms with Crippen molar-refractivity contribution in [1.82, 2.24) is 0 Å². The van der Waals surface area contributed by atoms with E-state index < -0.39 is 11.5 Å². The fourth-order valence-corrected chi connectivity index (χ4v) is 2.01. The van der Waals surface area contributed by atoms with Gasteiger partial charge in [0.05, 0.1) is 18.1 Å². The van der Waals surface area contributed by atoms with Crippen LogP contribution in [0.5, 0.6) is 0 Å². The number of esters is 1. The van der Waals surface area contributed by atoms with Crippen LogP contribution in [0, 0.1) is 5.41 Å². The summed E-state index contributed by atoms with van der Waals surface area (Å²) in [7, 11) is 0. The molecule has 1 aromatic rings. The Labute approximate surface area is 122 Å². The van der Waals surface area contributed by atoms with Crippen molar-refractivity contribution in [3.05, 3.63) is 35.4 Å². The molecule has 1 unspecified atom stereocenters. The van der Waals surface area contributed by atoms with Gasteiger partial charge in [0, 0.05) is 0 Å². The summed E-state index contributed by atoms with van der Waals surface area (Å²) in [6.45, 7) is 11.9. The molecule has 0 radical (unpaired) electrons. The molecule has 0 saturated heterocycles. The van der Waals surface area contributed by atoms with E-state index in [-0.39, 0.29) is 11.4 Å². The van der Waals surface area contributed by atoms with Crippen LogP contribution in [0.15, 0.2) is 24.3 Å². The molecule has 20 heavy (non-hydrogen) atoms. The average Bonchev–Trinajstić information content (AvgIpc) is 2.37. The number of carbonyl (C=O) groups is 1. The number of aliphatic hydroxyl groups excluding tert-OH is 1. The van der Waals surface area contributed by atoms with Gasteiger partial charge in [-0.1, -0.05) is 45.0 Å². The molecule has 0 saturated carbocycles. The second-order valence-corrected chi connectivity index (χ2v) is 6.72. The number of hydrogen-bond donors (Lipinski definition) is 1. The van der Waals surface area contributed by atoms with Crippen molar-refractivity contribution in [3.63, 3.8) is 0 Å². The standard InChI is InChI=1S/C17H26O3/c1-7-20-15(19)17(5,6)14(18)12-8-10-13(11-9-12)16(2,3)4/h8-11,14,18H,7H2,1-6H3. The van der Waals surface area contributed by atoms with E-state index in [9.17, 15) is 9.90 Å². The van der Waals surface area contributed by atoms with Gasteiger partial charge in [-0.2, -0.15) is 0 Å². The molecule has 1 rings (SSSR count). The highest BCUT2D eigenvalue weighted by molar-refractivity contribution is 5.77. The molecular formula is C17H26O3. The predicted octanol–water partition coefficient (Wildman–Crippen LogP) is 3.61. The van der Waals surface area contributed by atoms with Crippen molar-refractivity contribution in [1.29, 1.82) is 0 Å². The molecule has 0 amide bonds. The van der Waals surface area contributed by atoms with E-state index in [1.807, 2.05) is 24.3 Å². The number of ether oxygens (including phenoxy) is 1. The van der Waals surface area contributed by atoms with Crippen LogP contribution in [0.4, 0.5) is 0 Å². The van der Waals surface area contributed by atoms with Gasteiger partial charge in [0.1, 0.15) is 0 Å².